The van der Waals surface area contributed by atoms with Crippen LogP contribution in [0.15, 0.2) is 12.5 Å². The summed E-state index contributed by atoms with van der Waals surface area (Å²) < 4.78 is 2.29. The van der Waals surface area contributed by atoms with E-state index in [1.165, 1.54) is 10.9 Å². The molecule has 0 atom stereocenters. The number of imidazole rings is 1. The first kappa shape index (κ1) is 7.52. The summed E-state index contributed by atoms with van der Waals surface area (Å²) in [5, 5.41) is 10.1. The highest BCUT2D eigenvalue weighted by Gasteiger charge is 1.95. The number of hydrogen-bond acceptors (Lipinski definition) is 3. The largest absolute Gasteiger partial charge is 0.548 e. The summed E-state index contributed by atoms with van der Waals surface area (Å²) in [4.78, 5) is 13.8. The van der Waals surface area contributed by atoms with Crippen molar-refractivity contribution in [2.75, 3.05) is 0 Å². The summed E-state index contributed by atoms with van der Waals surface area (Å²) >= 11 is 2.00. The molecule has 1 aromatic heterocycles. The predicted octanol–water partition coefficient (Wildman–Crippen LogP) is -0.762. The summed E-state index contributed by atoms with van der Waals surface area (Å²) in [6.07, 6.45) is 3.04. The number of halogens is 1. The van der Waals surface area contributed by atoms with Crippen molar-refractivity contribution in [2.24, 2.45) is 0 Å². The Kier molecular flexibility index (Phi) is 2.25. The van der Waals surface area contributed by atoms with Gasteiger partial charge in [-0.05, 0) is 22.6 Å². The van der Waals surface area contributed by atoms with E-state index in [1.54, 1.807) is 6.20 Å². The zero-order chi connectivity index (χ0) is 7.56. The topological polar surface area (TPSA) is 57.9 Å². The minimum atomic E-state index is -1.10. The van der Waals surface area contributed by atoms with Crippen molar-refractivity contribution in [3.8, 4) is 0 Å². The number of aromatic nitrogens is 2. The monoisotopic (exact) mass is 251 g/mol. The lowest BCUT2D eigenvalue weighted by Gasteiger charge is -2.02. The molecule has 0 N–H and O–H groups in total. The van der Waals surface area contributed by atoms with Gasteiger partial charge >= 0.3 is 0 Å². The van der Waals surface area contributed by atoms with Gasteiger partial charge in [0.25, 0.3) is 0 Å². The molecular formula is C5H4IN2O2-. The highest BCUT2D eigenvalue weighted by atomic mass is 127. The lowest BCUT2D eigenvalue weighted by Crippen LogP contribution is -2.27. The van der Waals surface area contributed by atoms with Crippen molar-refractivity contribution in [3.63, 3.8) is 0 Å². The van der Waals surface area contributed by atoms with E-state index in [4.69, 9.17) is 0 Å². The lowest BCUT2D eigenvalue weighted by molar-refractivity contribution is -0.306. The molecule has 4 nitrogen and oxygen atoms in total. The van der Waals surface area contributed by atoms with Crippen LogP contribution in [-0.4, -0.2) is 15.5 Å². The van der Waals surface area contributed by atoms with E-state index in [9.17, 15) is 9.90 Å². The Balaban J connectivity index is 2.74. The number of aliphatic carboxylic acids is 1. The maximum Gasteiger partial charge on any atom is 0.0998 e. The molecule has 1 heterocycles. The number of carboxylic acid groups (broad SMARTS) is 1. The molecule has 0 unspecified atom stereocenters. The van der Waals surface area contributed by atoms with E-state index in [0.29, 0.717) is 0 Å². The number of hydrogen-bond donors (Lipinski definition) is 0. The molecule has 0 bridgehead atoms. The molecule has 0 fully saturated rings. The van der Waals surface area contributed by atoms with Crippen molar-refractivity contribution >= 4 is 28.6 Å². The number of carbonyl (C=O) groups excluding carboxylic acids is 1. The molecule has 54 valence electrons. The average Bonchev–Trinajstić information content (AvgIpc) is 2.15. The molecule has 1 aromatic rings. The Bertz CT molecular complexity index is 246. The maximum absolute atomic E-state index is 10.1. The molecule has 0 aliphatic rings. The third-order valence-electron chi connectivity index (χ3n) is 0.961. The Hall–Kier alpha value is -0.590. The van der Waals surface area contributed by atoms with Gasteiger partial charge in [-0.15, -0.1) is 0 Å². The van der Waals surface area contributed by atoms with E-state index in [0.717, 1.165) is 3.70 Å². The van der Waals surface area contributed by atoms with E-state index in [2.05, 4.69) is 4.98 Å². The van der Waals surface area contributed by atoms with Gasteiger partial charge in [0.05, 0.1) is 28.7 Å². The van der Waals surface area contributed by atoms with Crippen molar-refractivity contribution < 1.29 is 9.90 Å². The van der Waals surface area contributed by atoms with E-state index >= 15 is 0 Å². The summed E-state index contributed by atoms with van der Waals surface area (Å²) in [6, 6.07) is 0. The molecule has 0 amide bonds. The zero-order valence-electron chi connectivity index (χ0n) is 4.95. The van der Waals surface area contributed by atoms with E-state index in [1.807, 2.05) is 22.6 Å². The molecule has 0 aliphatic carbocycles. The van der Waals surface area contributed by atoms with Crippen LogP contribution >= 0.6 is 22.6 Å². The molecule has 1 rings (SSSR count). The average molecular weight is 251 g/mol. The fourth-order valence-corrected chi connectivity index (χ4v) is 1.02. The molecule has 0 spiro atoms. The summed E-state index contributed by atoms with van der Waals surface area (Å²) in [5.74, 6) is -1.10. The minimum Gasteiger partial charge on any atom is -0.548 e. The first-order chi connectivity index (χ1) is 4.70. The van der Waals surface area contributed by atoms with E-state index in [-0.39, 0.29) is 6.54 Å². The Morgan fingerprint density at radius 1 is 1.90 bits per heavy atom. The number of carbonyl (C=O) groups is 1. The molecule has 0 aliphatic heterocycles. The van der Waals surface area contributed by atoms with Crippen LogP contribution in [0.25, 0.3) is 0 Å². The minimum absolute atomic E-state index is 0.127. The molecule has 0 radical (unpaired) electrons. The van der Waals surface area contributed by atoms with Crippen LogP contribution in [0.3, 0.4) is 0 Å². The first-order valence-corrected chi connectivity index (χ1v) is 3.63. The van der Waals surface area contributed by atoms with Gasteiger partial charge in [-0.2, -0.15) is 0 Å². The Morgan fingerprint density at radius 2 is 2.60 bits per heavy atom. The van der Waals surface area contributed by atoms with Gasteiger partial charge in [0, 0.05) is 0 Å². The smallest absolute Gasteiger partial charge is 0.0998 e. The van der Waals surface area contributed by atoms with Crippen molar-refractivity contribution in [1.29, 1.82) is 0 Å². The van der Waals surface area contributed by atoms with Crippen molar-refractivity contribution in [2.45, 2.75) is 6.54 Å². The SMILES string of the molecule is O=C([O-])Cn1cncc1I. The Morgan fingerprint density at radius 3 is 3.00 bits per heavy atom. The van der Waals surface area contributed by atoms with Gasteiger partial charge in [-0.1, -0.05) is 0 Å². The number of rotatable bonds is 2. The fourth-order valence-electron chi connectivity index (χ4n) is 0.560. The normalized spacial score (nSPS) is 9.70. The number of nitrogens with zero attached hydrogens (tertiary/aromatic N) is 2. The first-order valence-electron chi connectivity index (χ1n) is 2.55. The van der Waals surface area contributed by atoms with Crippen LogP contribution in [0.2, 0.25) is 0 Å². The van der Waals surface area contributed by atoms with Crippen LogP contribution < -0.4 is 5.11 Å². The zero-order valence-corrected chi connectivity index (χ0v) is 7.11. The van der Waals surface area contributed by atoms with Crippen LogP contribution in [0, 0.1) is 3.70 Å². The van der Waals surface area contributed by atoms with Gasteiger partial charge in [-0.3, -0.25) is 0 Å². The quantitative estimate of drug-likeness (QED) is 0.649. The maximum atomic E-state index is 10.1. The third kappa shape index (κ3) is 1.69. The predicted molar refractivity (Wildman–Crippen MR) is 40.0 cm³/mol. The second-order valence-electron chi connectivity index (χ2n) is 1.72. The van der Waals surface area contributed by atoms with Crippen molar-refractivity contribution in [3.05, 3.63) is 16.2 Å². The molecule has 0 aromatic carbocycles. The lowest BCUT2D eigenvalue weighted by atomic mass is 10.6. The standard InChI is InChI=1S/C5H5IN2O2/c6-4-1-7-3-8(4)2-5(9)10/h1,3H,2H2,(H,9,10)/p-1. The fraction of sp³-hybridized carbons (Fsp3) is 0.200. The third-order valence-corrected chi connectivity index (χ3v) is 1.86. The molecule has 0 saturated heterocycles. The molecule has 10 heavy (non-hydrogen) atoms. The highest BCUT2D eigenvalue weighted by Crippen LogP contribution is 2.01. The van der Waals surface area contributed by atoms with Crippen LogP contribution in [0.5, 0.6) is 0 Å². The second kappa shape index (κ2) is 3.00. The van der Waals surface area contributed by atoms with Gasteiger partial charge in [0.15, 0.2) is 0 Å². The van der Waals surface area contributed by atoms with Crippen molar-refractivity contribution in [1.82, 2.24) is 9.55 Å². The van der Waals surface area contributed by atoms with E-state index < -0.39 is 5.97 Å². The molecule has 5 heteroatoms. The van der Waals surface area contributed by atoms with Crippen LogP contribution in [0.1, 0.15) is 0 Å². The van der Waals surface area contributed by atoms with Gasteiger partial charge in [0.1, 0.15) is 0 Å². The van der Waals surface area contributed by atoms with Gasteiger partial charge in [-0.25, -0.2) is 4.98 Å². The molecular weight excluding hydrogens is 247 g/mol. The van der Waals surface area contributed by atoms with Gasteiger partial charge < -0.3 is 14.5 Å². The van der Waals surface area contributed by atoms with Crippen LogP contribution in [0.4, 0.5) is 0 Å². The summed E-state index contributed by atoms with van der Waals surface area (Å²) in [6.45, 7) is -0.127. The number of carboxylic acids is 1. The Labute approximate surface area is 71.0 Å². The summed E-state index contributed by atoms with van der Waals surface area (Å²) in [5.41, 5.74) is 0. The highest BCUT2D eigenvalue weighted by molar-refractivity contribution is 14.1. The second-order valence-corrected chi connectivity index (χ2v) is 2.82. The van der Waals surface area contributed by atoms with Crippen LogP contribution in [-0.2, 0) is 11.3 Å². The summed E-state index contributed by atoms with van der Waals surface area (Å²) in [7, 11) is 0. The van der Waals surface area contributed by atoms with Gasteiger partial charge in [0.2, 0.25) is 0 Å². The molecule has 0 saturated carbocycles.